The van der Waals surface area contributed by atoms with E-state index in [1.165, 1.54) is 5.01 Å². The summed E-state index contributed by atoms with van der Waals surface area (Å²) in [5.74, 6) is 2.58. The van der Waals surface area contributed by atoms with Gasteiger partial charge in [0.25, 0.3) is 0 Å². The molecule has 30 heavy (non-hydrogen) atoms. The van der Waals surface area contributed by atoms with Crippen LogP contribution in [0.5, 0.6) is 5.75 Å². The summed E-state index contributed by atoms with van der Waals surface area (Å²) in [5.41, 5.74) is 5.46. The Morgan fingerprint density at radius 1 is 1.40 bits per heavy atom. The van der Waals surface area contributed by atoms with Crippen LogP contribution in [0, 0.1) is 12.8 Å². The van der Waals surface area contributed by atoms with E-state index >= 15 is 0 Å². The third-order valence-electron chi connectivity index (χ3n) is 5.15. The van der Waals surface area contributed by atoms with E-state index in [0.29, 0.717) is 42.3 Å². The molecule has 1 N–H and O–H groups in total. The van der Waals surface area contributed by atoms with Gasteiger partial charge in [-0.3, -0.25) is 25.2 Å². The summed E-state index contributed by atoms with van der Waals surface area (Å²) in [4.78, 5) is 21.2. The maximum atomic E-state index is 12.3. The number of carbonyl (C=O) groups is 1. The molecule has 1 aliphatic heterocycles. The summed E-state index contributed by atoms with van der Waals surface area (Å²) >= 11 is 0. The van der Waals surface area contributed by atoms with E-state index in [9.17, 15) is 4.79 Å². The van der Waals surface area contributed by atoms with Crippen molar-refractivity contribution in [2.24, 2.45) is 10.9 Å². The number of ether oxygens (including phenoxy) is 2. The highest BCUT2D eigenvalue weighted by atomic mass is 16.5. The Kier molecular flexibility index (Phi) is 5.69. The Hall–Kier alpha value is -3.36. The van der Waals surface area contributed by atoms with Crippen LogP contribution in [-0.2, 0) is 16.1 Å². The van der Waals surface area contributed by atoms with Crippen molar-refractivity contribution in [2.75, 3.05) is 20.8 Å². The molecule has 2 aromatic heterocycles. The van der Waals surface area contributed by atoms with Gasteiger partial charge in [-0.05, 0) is 25.5 Å². The zero-order valence-electron chi connectivity index (χ0n) is 17.3. The van der Waals surface area contributed by atoms with Crippen molar-refractivity contribution in [2.45, 2.75) is 32.2 Å². The number of aliphatic imine (C=N–C) groups is 1. The fourth-order valence-corrected chi connectivity index (χ4v) is 3.30. The van der Waals surface area contributed by atoms with Gasteiger partial charge in [0.1, 0.15) is 12.3 Å². The predicted molar refractivity (Wildman–Crippen MR) is 109 cm³/mol. The minimum Gasteiger partial charge on any atom is -0.495 e. The molecule has 9 nitrogen and oxygen atoms in total. The lowest BCUT2D eigenvalue weighted by atomic mass is 10.2. The average molecular weight is 411 g/mol. The zero-order chi connectivity index (χ0) is 21.1. The topological polar surface area (TPSA) is 102 Å². The quantitative estimate of drug-likeness (QED) is 0.746. The van der Waals surface area contributed by atoms with Gasteiger partial charge in [0, 0.05) is 36.7 Å². The van der Waals surface area contributed by atoms with Crippen molar-refractivity contribution in [1.29, 1.82) is 0 Å². The second-order valence-electron chi connectivity index (χ2n) is 7.53. The molecule has 9 heteroatoms. The third-order valence-corrected chi connectivity index (χ3v) is 5.15. The number of amides is 1. The monoisotopic (exact) mass is 411 g/mol. The molecule has 2 aliphatic rings. The molecule has 3 heterocycles. The van der Waals surface area contributed by atoms with Crippen molar-refractivity contribution < 1.29 is 18.8 Å². The van der Waals surface area contributed by atoms with Crippen molar-refractivity contribution in [3.63, 3.8) is 0 Å². The first-order valence-electron chi connectivity index (χ1n) is 9.85. The molecule has 0 saturated heterocycles. The van der Waals surface area contributed by atoms with Crippen LogP contribution in [0.15, 0.2) is 45.9 Å². The molecule has 4 rings (SSSR count). The molecule has 1 saturated carbocycles. The van der Waals surface area contributed by atoms with Crippen LogP contribution in [-0.4, -0.2) is 47.5 Å². The lowest BCUT2D eigenvalue weighted by Crippen LogP contribution is -2.38. The normalized spacial score (nSPS) is 22.4. The lowest BCUT2D eigenvalue weighted by Gasteiger charge is -2.18. The van der Waals surface area contributed by atoms with Gasteiger partial charge in [0.05, 0.1) is 37.7 Å². The molecule has 1 fully saturated rings. The van der Waals surface area contributed by atoms with Gasteiger partial charge in [-0.1, -0.05) is 5.16 Å². The van der Waals surface area contributed by atoms with Gasteiger partial charge < -0.3 is 14.0 Å². The molecule has 0 radical (unpaired) electrons. The largest absolute Gasteiger partial charge is 0.495 e. The summed E-state index contributed by atoms with van der Waals surface area (Å²) < 4.78 is 16.3. The maximum Gasteiger partial charge on any atom is 0.246 e. The number of aryl methyl sites for hydroxylation is 1. The SMILES string of the molecule is COc1ccc([C@H]2C[C@@H]2COC2=CC(=NCc3cc(C)no3)CC(=O)N(C)N2)nc1. The Bertz CT molecular complexity index is 966. The molecule has 1 aliphatic carbocycles. The fraction of sp³-hybridized carbons (Fsp3) is 0.429. The molecule has 2 atom stereocenters. The number of hydrazine groups is 1. The molecule has 0 aromatic carbocycles. The van der Waals surface area contributed by atoms with E-state index in [1.807, 2.05) is 25.1 Å². The highest BCUT2D eigenvalue weighted by Crippen LogP contribution is 2.47. The molecular formula is C21H25N5O4. The van der Waals surface area contributed by atoms with Gasteiger partial charge in [0.15, 0.2) is 5.76 Å². The molecule has 1 amide bonds. The Morgan fingerprint density at radius 2 is 2.27 bits per heavy atom. The third kappa shape index (κ3) is 4.79. The lowest BCUT2D eigenvalue weighted by molar-refractivity contribution is -0.131. The molecule has 0 unspecified atom stereocenters. The summed E-state index contributed by atoms with van der Waals surface area (Å²) in [6, 6.07) is 5.75. The van der Waals surface area contributed by atoms with E-state index in [0.717, 1.165) is 23.6 Å². The van der Waals surface area contributed by atoms with Crippen LogP contribution in [0.1, 0.15) is 35.9 Å². The van der Waals surface area contributed by atoms with E-state index in [4.69, 9.17) is 14.0 Å². The number of nitrogens with zero attached hydrogens (tertiary/aromatic N) is 4. The van der Waals surface area contributed by atoms with Crippen LogP contribution in [0.25, 0.3) is 0 Å². The standard InChI is InChI=1S/C21H25N5O4/c1-13-6-17(30-25-13)11-22-15-8-20(24-26(2)21(27)9-15)29-12-14-7-18(14)19-5-4-16(28-3)10-23-19/h4-6,8,10,14,18,24H,7,9,11-12H2,1-3H3/t14-,18+/m1/s1. The number of carbonyl (C=O) groups excluding carboxylic acids is 1. The van der Waals surface area contributed by atoms with Gasteiger partial charge in [-0.2, -0.15) is 0 Å². The first-order valence-corrected chi connectivity index (χ1v) is 9.85. The number of rotatable bonds is 7. The second-order valence-corrected chi connectivity index (χ2v) is 7.53. The highest BCUT2D eigenvalue weighted by Gasteiger charge is 2.40. The fourth-order valence-electron chi connectivity index (χ4n) is 3.30. The summed E-state index contributed by atoms with van der Waals surface area (Å²) in [5, 5.41) is 5.27. The van der Waals surface area contributed by atoms with Gasteiger partial charge >= 0.3 is 0 Å². The number of aromatic nitrogens is 2. The molecule has 2 aromatic rings. The average Bonchev–Trinajstić information content (AvgIpc) is 3.43. The van der Waals surface area contributed by atoms with Crippen LogP contribution in [0.4, 0.5) is 0 Å². The van der Waals surface area contributed by atoms with Crippen LogP contribution in [0.3, 0.4) is 0 Å². The minimum absolute atomic E-state index is 0.0934. The minimum atomic E-state index is -0.0934. The van der Waals surface area contributed by atoms with Crippen LogP contribution >= 0.6 is 0 Å². The van der Waals surface area contributed by atoms with Crippen molar-refractivity contribution >= 4 is 11.6 Å². The van der Waals surface area contributed by atoms with E-state index in [1.54, 1.807) is 26.4 Å². The summed E-state index contributed by atoms with van der Waals surface area (Å²) in [6.07, 6.45) is 4.71. The number of pyridine rings is 1. The van der Waals surface area contributed by atoms with Crippen LogP contribution < -0.4 is 10.2 Å². The Labute approximate surface area is 174 Å². The van der Waals surface area contributed by atoms with Gasteiger partial charge in [-0.25, -0.2) is 0 Å². The van der Waals surface area contributed by atoms with E-state index in [-0.39, 0.29) is 12.3 Å². The summed E-state index contributed by atoms with van der Waals surface area (Å²) in [7, 11) is 3.30. The van der Waals surface area contributed by atoms with Gasteiger partial charge in [-0.15, -0.1) is 0 Å². The van der Waals surface area contributed by atoms with Crippen molar-refractivity contribution in [3.05, 3.63) is 53.5 Å². The zero-order valence-corrected chi connectivity index (χ0v) is 17.3. The molecule has 158 valence electrons. The van der Waals surface area contributed by atoms with E-state index in [2.05, 4.69) is 20.6 Å². The van der Waals surface area contributed by atoms with Crippen molar-refractivity contribution in [3.8, 4) is 5.75 Å². The first kappa shape index (κ1) is 19.9. The number of hydrogen-bond acceptors (Lipinski definition) is 8. The maximum absolute atomic E-state index is 12.3. The smallest absolute Gasteiger partial charge is 0.246 e. The number of hydrogen-bond donors (Lipinski definition) is 1. The number of methoxy groups -OCH3 is 1. The molecule has 0 spiro atoms. The Balaban J connectivity index is 1.37. The number of nitrogens with one attached hydrogen (secondary N) is 1. The van der Waals surface area contributed by atoms with Crippen LogP contribution in [0.2, 0.25) is 0 Å². The Morgan fingerprint density at radius 3 is 2.97 bits per heavy atom. The second kappa shape index (κ2) is 8.56. The predicted octanol–water partition coefficient (Wildman–Crippen LogP) is 2.36. The van der Waals surface area contributed by atoms with Gasteiger partial charge in [0.2, 0.25) is 11.8 Å². The summed E-state index contributed by atoms with van der Waals surface area (Å²) in [6.45, 7) is 2.71. The van der Waals surface area contributed by atoms with E-state index < -0.39 is 0 Å². The molecular weight excluding hydrogens is 386 g/mol. The molecule has 0 bridgehead atoms. The first-order chi connectivity index (χ1) is 14.5. The number of allylic oxidation sites excluding steroid dienone is 1. The van der Waals surface area contributed by atoms with Crippen molar-refractivity contribution in [1.82, 2.24) is 20.6 Å². The highest BCUT2D eigenvalue weighted by molar-refractivity contribution is 6.07.